The van der Waals surface area contributed by atoms with Gasteiger partial charge in [0.05, 0.1) is 4.90 Å². The first-order chi connectivity index (χ1) is 12.2. The van der Waals surface area contributed by atoms with Gasteiger partial charge in [0.25, 0.3) is 0 Å². The molecular weight excluding hydrogens is 422 g/mol. The molecule has 0 amide bonds. The Labute approximate surface area is 160 Å². The van der Waals surface area contributed by atoms with Crippen molar-refractivity contribution in [2.75, 3.05) is 13.2 Å². The third-order valence-corrected chi connectivity index (χ3v) is 5.65. The van der Waals surface area contributed by atoms with Crippen LogP contribution in [0.15, 0.2) is 51.8 Å². The highest BCUT2D eigenvalue weighted by Gasteiger charge is 2.17. The third-order valence-electron chi connectivity index (χ3n) is 3.73. The molecule has 0 saturated heterocycles. The first-order valence-corrected chi connectivity index (χ1v) is 9.98. The van der Waals surface area contributed by atoms with E-state index in [1.165, 1.54) is 12.1 Å². The molecule has 0 aromatic heterocycles. The van der Waals surface area contributed by atoms with Crippen molar-refractivity contribution < 1.29 is 22.7 Å². The zero-order chi connectivity index (χ0) is 19.3. The summed E-state index contributed by atoms with van der Waals surface area (Å²) in [4.78, 5) is 23.7. The molecule has 0 aliphatic carbocycles. The van der Waals surface area contributed by atoms with Gasteiger partial charge in [-0.3, -0.25) is 9.59 Å². The second-order valence-electron chi connectivity index (χ2n) is 5.66. The number of rotatable bonds is 7. The first kappa shape index (κ1) is 20.3. The quantitative estimate of drug-likeness (QED) is 0.529. The van der Waals surface area contributed by atoms with Crippen molar-refractivity contribution in [1.29, 1.82) is 0 Å². The number of hydrogen-bond acceptors (Lipinski definition) is 5. The first-order valence-electron chi connectivity index (χ1n) is 7.70. The van der Waals surface area contributed by atoms with Crippen LogP contribution in [-0.4, -0.2) is 33.3 Å². The topological polar surface area (TPSA) is 89.5 Å². The maximum Gasteiger partial charge on any atom is 0.321 e. The minimum Gasteiger partial charge on any atom is -0.456 e. The van der Waals surface area contributed by atoms with Crippen LogP contribution in [0.5, 0.6) is 0 Å². The molecule has 8 heteroatoms. The Bertz CT molecular complexity index is 923. The second-order valence-corrected chi connectivity index (χ2v) is 8.34. The van der Waals surface area contributed by atoms with E-state index in [0.29, 0.717) is 5.56 Å². The molecule has 0 aliphatic rings. The van der Waals surface area contributed by atoms with Crippen molar-refractivity contribution in [1.82, 2.24) is 4.72 Å². The second kappa shape index (κ2) is 8.57. The average molecular weight is 440 g/mol. The molecule has 0 saturated carbocycles. The van der Waals surface area contributed by atoms with Crippen LogP contribution in [0, 0.1) is 13.8 Å². The van der Waals surface area contributed by atoms with Gasteiger partial charge in [-0.15, -0.1) is 0 Å². The number of sulfonamides is 1. The van der Waals surface area contributed by atoms with Crippen molar-refractivity contribution >= 4 is 37.7 Å². The lowest BCUT2D eigenvalue weighted by Gasteiger charge is -2.09. The maximum absolute atomic E-state index is 12.2. The van der Waals surface area contributed by atoms with Crippen LogP contribution in [0.25, 0.3) is 0 Å². The van der Waals surface area contributed by atoms with Crippen molar-refractivity contribution in [3.8, 4) is 0 Å². The standard InChI is InChI=1S/C18H18BrNO5S/c1-12-3-8-16(9-13(12)2)26(23,24)20-10-18(22)25-11-17(21)14-4-6-15(19)7-5-14/h3-9,20H,10-11H2,1-2H3. The highest BCUT2D eigenvalue weighted by Crippen LogP contribution is 2.14. The van der Waals surface area contributed by atoms with E-state index in [1.54, 1.807) is 37.3 Å². The number of nitrogens with one attached hydrogen (secondary N) is 1. The molecule has 0 aliphatic heterocycles. The smallest absolute Gasteiger partial charge is 0.321 e. The Morgan fingerprint density at radius 2 is 1.69 bits per heavy atom. The molecule has 0 radical (unpaired) electrons. The monoisotopic (exact) mass is 439 g/mol. The van der Waals surface area contributed by atoms with Gasteiger partial charge in [0.1, 0.15) is 6.54 Å². The zero-order valence-electron chi connectivity index (χ0n) is 14.3. The predicted octanol–water partition coefficient (Wildman–Crippen LogP) is 2.77. The molecule has 0 fully saturated rings. The van der Waals surface area contributed by atoms with E-state index in [9.17, 15) is 18.0 Å². The molecule has 0 spiro atoms. The number of esters is 1. The number of benzene rings is 2. The lowest BCUT2D eigenvalue weighted by molar-refractivity contribution is -0.141. The Hall–Kier alpha value is -2.03. The number of hydrogen-bond donors (Lipinski definition) is 1. The van der Waals surface area contributed by atoms with Crippen LogP contribution in [0.4, 0.5) is 0 Å². The number of carbonyl (C=O) groups is 2. The van der Waals surface area contributed by atoms with Gasteiger partial charge in [0.2, 0.25) is 10.0 Å². The minimum atomic E-state index is -3.83. The summed E-state index contributed by atoms with van der Waals surface area (Å²) in [6, 6.07) is 11.3. The Kier molecular flexibility index (Phi) is 6.69. The van der Waals surface area contributed by atoms with E-state index >= 15 is 0 Å². The van der Waals surface area contributed by atoms with Crippen LogP contribution in [0.2, 0.25) is 0 Å². The van der Waals surface area contributed by atoms with Crippen LogP contribution >= 0.6 is 15.9 Å². The summed E-state index contributed by atoms with van der Waals surface area (Å²) in [6.45, 7) is 2.67. The molecule has 2 rings (SSSR count). The van der Waals surface area contributed by atoms with Crippen molar-refractivity contribution in [3.63, 3.8) is 0 Å². The fraction of sp³-hybridized carbons (Fsp3) is 0.222. The van der Waals surface area contributed by atoms with Gasteiger partial charge in [-0.1, -0.05) is 34.1 Å². The predicted molar refractivity (Wildman–Crippen MR) is 101 cm³/mol. The maximum atomic E-state index is 12.2. The number of carbonyl (C=O) groups excluding carboxylic acids is 2. The largest absolute Gasteiger partial charge is 0.456 e. The number of ketones is 1. The van der Waals surface area contributed by atoms with E-state index in [1.807, 2.05) is 6.92 Å². The molecule has 138 valence electrons. The Morgan fingerprint density at radius 1 is 1.04 bits per heavy atom. The Morgan fingerprint density at radius 3 is 2.31 bits per heavy atom. The summed E-state index contributed by atoms with van der Waals surface area (Å²) in [7, 11) is -3.83. The molecule has 26 heavy (non-hydrogen) atoms. The molecule has 1 N–H and O–H groups in total. The van der Waals surface area contributed by atoms with Crippen molar-refractivity contribution in [2.24, 2.45) is 0 Å². The molecule has 0 heterocycles. The SMILES string of the molecule is Cc1ccc(S(=O)(=O)NCC(=O)OCC(=O)c2ccc(Br)cc2)cc1C. The highest BCUT2D eigenvalue weighted by molar-refractivity contribution is 9.10. The molecule has 0 unspecified atom stereocenters. The zero-order valence-corrected chi connectivity index (χ0v) is 16.7. The van der Waals surface area contributed by atoms with Gasteiger partial charge < -0.3 is 4.74 Å². The summed E-state index contributed by atoms with van der Waals surface area (Å²) in [5.41, 5.74) is 2.20. The van der Waals surface area contributed by atoms with E-state index < -0.39 is 29.1 Å². The van der Waals surface area contributed by atoms with E-state index in [-0.39, 0.29) is 10.7 Å². The fourth-order valence-corrected chi connectivity index (χ4v) is 3.35. The Balaban J connectivity index is 1.88. The van der Waals surface area contributed by atoms with Crippen LogP contribution in [0.3, 0.4) is 0 Å². The third kappa shape index (κ3) is 5.48. The minimum absolute atomic E-state index is 0.0688. The van der Waals surface area contributed by atoms with E-state index in [0.717, 1.165) is 15.6 Å². The van der Waals surface area contributed by atoms with Gasteiger partial charge >= 0.3 is 5.97 Å². The summed E-state index contributed by atoms with van der Waals surface area (Å²) < 4.78 is 32.2. The number of aryl methyl sites for hydroxylation is 2. The van der Waals surface area contributed by atoms with Gasteiger partial charge in [0.15, 0.2) is 12.4 Å². The van der Waals surface area contributed by atoms with Gasteiger partial charge in [-0.2, -0.15) is 4.72 Å². The molecule has 0 bridgehead atoms. The summed E-state index contributed by atoms with van der Waals surface area (Å²) in [5, 5.41) is 0. The van der Waals surface area contributed by atoms with E-state index in [4.69, 9.17) is 4.74 Å². The van der Waals surface area contributed by atoms with Crippen molar-refractivity contribution in [3.05, 3.63) is 63.6 Å². The number of ether oxygens (including phenoxy) is 1. The lowest BCUT2D eigenvalue weighted by Crippen LogP contribution is -2.31. The molecule has 2 aromatic carbocycles. The van der Waals surface area contributed by atoms with Gasteiger partial charge in [-0.25, -0.2) is 8.42 Å². The molecule has 6 nitrogen and oxygen atoms in total. The van der Waals surface area contributed by atoms with Crippen LogP contribution in [-0.2, 0) is 19.6 Å². The van der Waals surface area contributed by atoms with Crippen molar-refractivity contribution in [2.45, 2.75) is 18.7 Å². The lowest BCUT2D eigenvalue weighted by atomic mass is 10.1. The molecule has 2 aromatic rings. The fourth-order valence-electron chi connectivity index (χ4n) is 2.03. The molecule has 0 atom stereocenters. The highest BCUT2D eigenvalue weighted by atomic mass is 79.9. The van der Waals surface area contributed by atoms with Gasteiger partial charge in [0, 0.05) is 10.0 Å². The normalized spacial score (nSPS) is 11.2. The summed E-state index contributed by atoms with van der Waals surface area (Å²) >= 11 is 3.26. The van der Waals surface area contributed by atoms with Crippen LogP contribution in [0.1, 0.15) is 21.5 Å². The molecular formula is C18H18BrNO5S. The number of halogens is 1. The van der Waals surface area contributed by atoms with Crippen LogP contribution < -0.4 is 4.72 Å². The van der Waals surface area contributed by atoms with Gasteiger partial charge in [-0.05, 0) is 49.2 Å². The number of Topliss-reactive ketones (excluding diaryl/α,β-unsaturated/α-hetero) is 1. The average Bonchev–Trinajstić information content (AvgIpc) is 2.60. The summed E-state index contributed by atoms with van der Waals surface area (Å²) in [5.74, 6) is -1.20. The summed E-state index contributed by atoms with van der Waals surface area (Å²) in [6.07, 6.45) is 0. The van der Waals surface area contributed by atoms with E-state index in [2.05, 4.69) is 20.7 Å².